The largest absolute Gasteiger partial charge is 0.375 e. The minimum Gasteiger partial charge on any atom is -0.375 e. The quantitative estimate of drug-likeness (QED) is 0.743. The van der Waals surface area contributed by atoms with E-state index in [4.69, 9.17) is 4.74 Å². The van der Waals surface area contributed by atoms with E-state index in [2.05, 4.69) is 12.2 Å². The second kappa shape index (κ2) is 3.49. The summed E-state index contributed by atoms with van der Waals surface area (Å²) < 4.78 is 5.86. The lowest BCUT2D eigenvalue weighted by Gasteiger charge is -2.36. The van der Waals surface area contributed by atoms with Crippen LogP contribution in [0.4, 0.5) is 0 Å². The van der Waals surface area contributed by atoms with E-state index in [1.165, 1.54) is 38.6 Å². The van der Waals surface area contributed by atoms with Crippen LogP contribution in [0.15, 0.2) is 0 Å². The first kappa shape index (κ1) is 9.17. The van der Waals surface area contributed by atoms with Crippen molar-refractivity contribution in [2.24, 2.45) is 11.8 Å². The summed E-state index contributed by atoms with van der Waals surface area (Å²) in [5.41, 5.74) is 0. The second-order valence-electron chi connectivity index (χ2n) is 5.44. The first-order chi connectivity index (χ1) is 6.83. The maximum atomic E-state index is 5.86. The molecule has 1 aliphatic carbocycles. The van der Waals surface area contributed by atoms with Gasteiger partial charge in [-0.1, -0.05) is 6.92 Å². The van der Waals surface area contributed by atoms with Gasteiger partial charge in [0.2, 0.25) is 0 Å². The molecule has 2 heterocycles. The minimum atomic E-state index is 0.600. The topological polar surface area (TPSA) is 21.3 Å². The lowest BCUT2D eigenvalue weighted by atomic mass is 9.80. The number of rotatable bonds is 3. The predicted molar refractivity (Wildman–Crippen MR) is 56.2 cm³/mol. The van der Waals surface area contributed by atoms with Gasteiger partial charge in [-0.25, -0.2) is 0 Å². The van der Waals surface area contributed by atoms with Gasteiger partial charge >= 0.3 is 0 Å². The average Bonchev–Trinajstić information content (AvgIpc) is 2.77. The molecule has 0 amide bonds. The molecule has 0 aromatic carbocycles. The molecule has 3 rings (SSSR count). The zero-order chi connectivity index (χ0) is 9.54. The van der Waals surface area contributed by atoms with E-state index in [0.717, 1.165) is 17.9 Å². The van der Waals surface area contributed by atoms with Crippen LogP contribution in [0.3, 0.4) is 0 Å². The lowest BCUT2D eigenvalue weighted by Crippen LogP contribution is -2.45. The Morgan fingerprint density at radius 1 is 1.21 bits per heavy atom. The summed E-state index contributed by atoms with van der Waals surface area (Å²) in [7, 11) is 0. The van der Waals surface area contributed by atoms with Crippen LogP contribution in [0.5, 0.6) is 0 Å². The normalized spacial score (nSPS) is 50.8. The fraction of sp³-hybridized carbons (Fsp3) is 1.00. The number of nitrogens with one attached hydrogen (secondary N) is 1. The number of hydrogen-bond acceptors (Lipinski definition) is 2. The van der Waals surface area contributed by atoms with Gasteiger partial charge in [-0.2, -0.15) is 0 Å². The van der Waals surface area contributed by atoms with Crippen molar-refractivity contribution in [1.29, 1.82) is 0 Å². The zero-order valence-electron chi connectivity index (χ0n) is 9.04. The summed E-state index contributed by atoms with van der Waals surface area (Å²) in [4.78, 5) is 0. The smallest absolute Gasteiger partial charge is 0.0621 e. The van der Waals surface area contributed by atoms with Crippen LogP contribution in [0.2, 0.25) is 0 Å². The van der Waals surface area contributed by atoms with Crippen molar-refractivity contribution in [1.82, 2.24) is 5.32 Å². The molecule has 0 spiro atoms. The molecule has 0 aromatic rings. The molecule has 14 heavy (non-hydrogen) atoms. The number of ether oxygens (including phenoxy) is 1. The molecule has 2 unspecified atom stereocenters. The fourth-order valence-electron chi connectivity index (χ4n) is 3.23. The number of hydrogen-bond donors (Lipinski definition) is 1. The van der Waals surface area contributed by atoms with Gasteiger partial charge in [0.15, 0.2) is 0 Å². The molecule has 1 saturated carbocycles. The molecule has 1 N–H and O–H groups in total. The maximum Gasteiger partial charge on any atom is 0.0621 e. The zero-order valence-corrected chi connectivity index (χ0v) is 9.04. The molecule has 80 valence electrons. The van der Waals surface area contributed by atoms with E-state index >= 15 is 0 Å². The maximum absolute atomic E-state index is 5.86. The van der Waals surface area contributed by atoms with Gasteiger partial charge in [0.1, 0.15) is 0 Å². The van der Waals surface area contributed by atoms with Crippen molar-refractivity contribution in [3.05, 3.63) is 0 Å². The van der Waals surface area contributed by atoms with Crippen LogP contribution in [0, 0.1) is 11.8 Å². The second-order valence-corrected chi connectivity index (χ2v) is 5.44. The van der Waals surface area contributed by atoms with Gasteiger partial charge in [-0.15, -0.1) is 0 Å². The van der Waals surface area contributed by atoms with Crippen molar-refractivity contribution in [3.63, 3.8) is 0 Å². The summed E-state index contributed by atoms with van der Waals surface area (Å²) in [6, 6.07) is 0.814. The minimum absolute atomic E-state index is 0.600. The van der Waals surface area contributed by atoms with E-state index in [1.807, 2.05) is 0 Å². The van der Waals surface area contributed by atoms with Crippen molar-refractivity contribution in [2.75, 3.05) is 6.54 Å². The molecule has 2 saturated heterocycles. The van der Waals surface area contributed by atoms with Crippen molar-refractivity contribution in [3.8, 4) is 0 Å². The molecule has 2 nitrogen and oxygen atoms in total. The molecule has 3 fully saturated rings. The summed E-state index contributed by atoms with van der Waals surface area (Å²) in [5.74, 6) is 1.73. The van der Waals surface area contributed by atoms with E-state index in [-0.39, 0.29) is 0 Å². The molecule has 5 atom stereocenters. The molecule has 2 bridgehead atoms. The number of fused-ring (bicyclic) bond motifs is 2. The van der Waals surface area contributed by atoms with Crippen molar-refractivity contribution >= 4 is 0 Å². The van der Waals surface area contributed by atoms with E-state index in [0.29, 0.717) is 12.2 Å². The summed E-state index contributed by atoms with van der Waals surface area (Å²) >= 11 is 0. The van der Waals surface area contributed by atoms with E-state index in [9.17, 15) is 0 Å². The first-order valence-corrected chi connectivity index (χ1v) is 6.22. The third-order valence-electron chi connectivity index (χ3n) is 4.49. The Hall–Kier alpha value is -0.0800. The van der Waals surface area contributed by atoms with Gasteiger partial charge in [0.25, 0.3) is 0 Å². The predicted octanol–water partition coefficient (Wildman–Crippen LogP) is 1.94. The third-order valence-corrected chi connectivity index (χ3v) is 4.49. The van der Waals surface area contributed by atoms with Crippen LogP contribution >= 0.6 is 0 Å². The molecular formula is C12H21NO. The van der Waals surface area contributed by atoms with Crippen molar-refractivity contribution < 1.29 is 4.74 Å². The highest BCUT2D eigenvalue weighted by Gasteiger charge is 2.40. The van der Waals surface area contributed by atoms with Crippen LogP contribution in [-0.4, -0.2) is 24.8 Å². The van der Waals surface area contributed by atoms with Crippen LogP contribution < -0.4 is 5.32 Å². The van der Waals surface area contributed by atoms with Crippen LogP contribution in [-0.2, 0) is 4.74 Å². The highest BCUT2D eigenvalue weighted by molar-refractivity contribution is 4.92. The van der Waals surface area contributed by atoms with Crippen molar-refractivity contribution in [2.45, 2.75) is 57.3 Å². The molecule has 0 aromatic heterocycles. The average molecular weight is 195 g/mol. The Morgan fingerprint density at radius 3 is 2.64 bits per heavy atom. The molecule has 2 aliphatic heterocycles. The van der Waals surface area contributed by atoms with E-state index in [1.54, 1.807) is 0 Å². The van der Waals surface area contributed by atoms with Gasteiger partial charge in [0.05, 0.1) is 12.2 Å². The van der Waals surface area contributed by atoms with Crippen LogP contribution in [0.25, 0.3) is 0 Å². The fourth-order valence-corrected chi connectivity index (χ4v) is 3.23. The Morgan fingerprint density at radius 2 is 2.14 bits per heavy atom. The highest BCUT2D eigenvalue weighted by Crippen LogP contribution is 2.38. The standard InChI is InChI=1S/C12H21NO/c1-8-2-4-11(8)13-7-9-6-10-3-5-12(9)14-10/h8-13H,2-7H2,1H3/t8?,9-,10-,11?,12+/m0/s1. The molecule has 3 aliphatic rings. The molecule has 2 heteroatoms. The molecular weight excluding hydrogens is 174 g/mol. The Labute approximate surface area is 86.4 Å². The van der Waals surface area contributed by atoms with Crippen LogP contribution in [0.1, 0.15) is 39.0 Å². The van der Waals surface area contributed by atoms with Gasteiger partial charge in [0, 0.05) is 18.5 Å². The Balaban J connectivity index is 1.45. The van der Waals surface area contributed by atoms with Gasteiger partial charge in [-0.05, 0) is 38.0 Å². The Bertz CT molecular complexity index is 218. The third kappa shape index (κ3) is 1.49. The van der Waals surface area contributed by atoms with Gasteiger partial charge < -0.3 is 10.1 Å². The summed E-state index contributed by atoms with van der Waals surface area (Å²) in [6.45, 7) is 3.56. The molecule has 0 radical (unpaired) electrons. The Kier molecular flexibility index (Phi) is 2.29. The first-order valence-electron chi connectivity index (χ1n) is 6.22. The van der Waals surface area contributed by atoms with Gasteiger partial charge in [-0.3, -0.25) is 0 Å². The lowest BCUT2D eigenvalue weighted by molar-refractivity contribution is 0.0902. The summed E-state index contributed by atoms with van der Waals surface area (Å²) in [6.07, 6.45) is 7.98. The summed E-state index contributed by atoms with van der Waals surface area (Å²) in [5, 5.41) is 3.72. The van der Waals surface area contributed by atoms with E-state index < -0.39 is 0 Å². The monoisotopic (exact) mass is 195 g/mol. The highest BCUT2D eigenvalue weighted by atomic mass is 16.5. The SMILES string of the molecule is CC1CCC1NC[C@@H]1C[C@@H]2CC[C@H]1O2.